The van der Waals surface area contributed by atoms with Gasteiger partial charge in [-0.25, -0.2) is 4.79 Å². The highest BCUT2D eigenvalue weighted by Gasteiger charge is 2.11. The van der Waals surface area contributed by atoms with Crippen molar-refractivity contribution in [3.8, 4) is 0 Å². The van der Waals surface area contributed by atoms with Crippen molar-refractivity contribution in [3.63, 3.8) is 0 Å². The molecule has 0 aliphatic rings. The number of hydrogen-bond donors (Lipinski definition) is 2. The van der Waals surface area contributed by atoms with Crippen LogP contribution in [0.1, 0.15) is 16.8 Å². The molecule has 6 nitrogen and oxygen atoms in total. The lowest BCUT2D eigenvalue weighted by Gasteiger charge is -2.14. The van der Waals surface area contributed by atoms with Crippen LogP contribution in [-0.4, -0.2) is 27.9 Å². The number of aromatic nitrogens is 2. The minimum absolute atomic E-state index is 0.0150. The first-order chi connectivity index (χ1) is 10.6. The number of hydrogen-bond acceptors (Lipinski definition) is 4. The molecule has 0 amide bonds. The summed E-state index contributed by atoms with van der Waals surface area (Å²) >= 11 is 0. The lowest BCUT2D eigenvalue weighted by atomic mass is 10.1. The zero-order valence-corrected chi connectivity index (χ0v) is 12.5. The minimum atomic E-state index is -0.489. The van der Waals surface area contributed by atoms with Gasteiger partial charge in [0.05, 0.1) is 13.2 Å². The van der Waals surface area contributed by atoms with Crippen LogP contribution in [0, 0.1) is 6.92 Å². The summed E-state index contributed by atoms with van der Waals surface area (Å²) in [6, 6.07) is 9.87. The van der Waals surface area contributed by atoms with Crippen molar-refractivity contribution in [2.45, 2.75) is 26.5 Å². The van der Waals surface area contributed by atoms with Crippen LogP contribution in [0.5, 0.6) is 0 Å². The van der Waals surface area contributed by atoms with Crippen molar-refractivity contribution in [2.24, 2.45) is 0 Å². The Hall–Kier alpha value is -2.18. The van der Waals surface area contributed by atoms with E-state index in [1.807, 2.05) is 30.3 Å². The Morgan fingerprint density at radius 2 is 1.91 bits per heavy atom. The third kappa shape index (κ3) is 3.93. The molecule has 0 fully saturated rings. The first-order valence-corrected chi connectivity index (χ1v) is 7.18. The second-order valence-electron chi connectivity index (χ2n) is 5.01. The normalized spacial score (nSPS) is 10.8. The monoisotopic (exact) mass is 304 g/mol. The second kappa shape index (κ2) is 7.72. The number of rotatable bonds is 7. The molecule has 0 aliphatic heterocycles. The molecule has 0 radical (unpaired) electrons. The quantitative estimate of drug-likeness (QED) is 0.734. The van der Waals surface area contributed by atoms with Gasteiger partial charge in [0.2, 0.25) is 0 Å². The van der Waals surface area contributed by atoms with Crippen LogP contribution in [0.25, 0.3) is 0 Å². The lowest BCUT2D eigenvalue weighted by molar-refractivity contribution is 0.0440. The first-order valence-electron chi connectivity index (χ1n) is 7.18. The summed E-state index contributed by atoms with van der Waals surface area (Å²) < 4.78 is 6.64. The average Bonchev–Trinajstić information content (AvgIpc) is 2.52. The zero-order valence-electron chi connectivity index (χ0n) is 12.5. The van der Waals surface area contributed by atoms with Crippen LogP contribution in [0.3, 0.4) is 0 Å². The van der Waals surface area contributed by atoms with Crippen molar-refractivity contribution in [1.29, 1.82) is 0 Å². The third-order valence-corrected chi connectivity index (χ3v) is 3.51. The molecule has 2 N–H and O–H groups in total. The standard InChI is InChI=1S/C16H20N2O4/c1-12-14(8-7-13-5-3-2-4-6-13)18(11-22-10-9-19)16(21)17-15(12)20/h2-6,19H,7-11H2,1H3,(H,17,20,21). The number of aliphatic hydroxyl groups excluding tert-OH is 1. The molecule has 1 heterocycles. The molecule has 22 heavy (non-hydrogen) atoms. The molecule has 0 spiro atoms. The molecule has 1 aromatic heterocycles. The number of ether oxygens (including phenoxy) is 1. The van der Waals surface area contributed by atoms with Crippen LogP contribution in [0.4, 0.5) is 0 Å². The van der Waals surface area contributed by atoms with Crippen LogP contribution in [0.15, 0.2) is 39.9 Å². The zero-order chi connectivity index (χ0) is 15.9. The number of nitrogens with zero attached hydrogens (tertiary/aromatic N) is 1. The van der Waals surface area contributed by atoms with Gasteiger partial charge in [0.25, 0.3) is 5.56 Å². The second-order valence-corrected chi connectivity index (χ2v) is 5.01. The molecule has 0 aliphatic carbocycles. The van der Waals surface area contributed by atoms with E-state index in [4.69, 9.17) is 9.84 Å². The fourth-order valence-electron chi connectivity index (χ4n) is 2.30. The van der Waals surface area contributed by atoms with Gasteiger partial charge in [-0.05, 0) is 25.3 Å². The molecule has 0 saturated heterocycles. The molecule has 0 unspecified atom stereocenters. The molecule has 0 saturated carbocycles. The van der Waals surface area contributed by atoms with E-state index in [0.717, 1.165) is 12.0 Å². The van der Waals surface area contributed by atoms with Gasteiger partial charge < -0.3 is 9.84 Å². The van der Waals surface area contributed by atoms with Crippen molar-refractivity contribution in [2.75, 3.05) is 13.2 Å². The summed E-state index contributed by atoms with van der Waals surface area (Å²) in [5.74, 6) is 0. The van der Waals surface area contributed by atoms with Gasteiger partial charge in [0.15, 0.2) is 0 Å². The van der Waals surface area contributed by atoms with Gasteiger partial charge >= 0.3 is 5.69 Å². The molecule has 0 atom stereocenters. The SMILES string of the molecule is Cc1c(CCc2ccccc2)n(COCCO)c(=O)[nH]c1=O. The van der Waals surface area contributed by atoms with Gasteiger partial charge in [-0.1, -0.05) is 30.3 Å². The van der Waals surface area contributed by atoms with Gasteiger partial charge in [0, 0.05) is 11.3 Å². The summed E-state index contributed by atoms with van der Waals surface area (Å²) in [5, 5.41) is 8.76. The minimum Gasteiger partial charge on any atom is -0.394 e. The van der Waals surface area contributed by atoms with Gasteiger partial charge in [-0.3, -0.25) is 14.3 Å². The highest BCUT2D eigenvalue weighted by molar-refractivity contribution is 5.20. The molecule has 0 bridgehead atoms. The van der Waals surface area contributed by atoms with E-state index >= 15 is 0 Å². The molecule has 118 valence electrons. The highest BCUT2D eigenvalue weighted by atomic mass is 16.5. The van der Waals surface area contributed by atoms with Crippen LogP contribution < -0.4 is 11.2 Å². The predicted molar refractivity (Wildman–Crippen MR) is 82.9 cm³/mol. The molecular weight excluding hydrogens is 284 g/mol. The topological polar surface area (TPSA) is 84.3 Å². The molecule has 2 rings (SSSR count). The van der Waals surface area contributed by atoms with Crippen LogP contribution >= 0.6 is 0 Å². The summed E-state index contributed by atoms with van der Waals surface area (Å²) in [6.45, 7) is 1.74. The maximum atomic E-state index is 12.0. The number of aryl methyl sites for hydroxylation is 1. The van der Waals surface area contributed by atoms with Gasteiger partial charge in [-0.15, -0.1) is 0 Å². The summed E-state index contributed by atoms with van der Waals surface area (Å²) in [4.78, 5) is 26.1. The third-order valence-electron chi connectivity index (χ3n) is 3.51. The Balaban J connectivity index is 2.27. The Morgan fingerprint density at radius 1 is 1.18 bits per heavy atom. The van der Waals surface area contributed by atoms with Crippen molar-refractivity contribution in [3.05, 3.63) is 68.0 Å². The highest BCUT2D eigenvalue weighted by Crippen LogP contribution is 2.08. The molecular formula is C16H20N2O4. The van der Waals surface area contributed by atoms with E-state index in [9.17, 15) is 9.59 Å². The largest absolute Gasteiger partial charge is 0.394 e. The number of H-pyrrole nitrogens is 1. The average molecular weight is 304 g/mol. The summed E-state index contributed by atoms with van der Waals surface area (Å²) in [7, 11) is 0. The number of aliphatic hydroxyl groups is 1. The van der Waals surface area contributed by atoms with Gasteiger partial charge in [0.1, 0.15) is 6.73 Å². The maximum Gasteiger partial charge on any atom is 0.330 e. The Labute approximate surface area is 128 Å². The van der Waals surface area contributed by atoms with E-state index in [1.54, 1.807) is 6.92 Å². The number of nitrogens with one attached hydrogen (secondary N) is 1. The van der Waals surface area contributed by atoms with E-state index in [1.165, 1.54) is 4.57 Å². The fraction of sp³-hybridized carbons (Fsp3) is 0.375. The number of aromatic amines is 1. The van der Waals surface area contributed by atoms with E-state index in [2.05, 4.69) is 4.98 Å². The first kappa shape index (κ1) is 16.2. The van der Waals surface area contributed by atoms with Gasteiger partial charge in [-0.2, -0.15) is 0 Å². The Kier molecular flexibility index (Phi) is 5.68. The van der Waals surface area contributed by atoms with Crippen LogP contribution in [0.2, 0.25) is 0 Å². The molecule has 1 aromatic carbocycles. The lowest BCUT2D eigenvalue weighted by Crippen LogP contribution is -2.35. The van der Waals surface area contributed by atoms with Crippen molar-refractivity contribution >= 4 is 0 Å². The smallest absolute Gasteiger partial charge is 0.330 e. The number of benzene rings is 1. The predicted octanol–water partition coefficient (Wildman–Crippen LogP) is 0.597. The van der Waals surface area contributed by atoms with E-state index in [-0.39, 0.29) is 25.5 Å². The van der Waals surface area contributed by atoms with E-state index < -0.39 is 5.69 Å². The van der Waals surface area contributed by atoms with Crippen LogP contribution in [-0.2, 0) is 24.3 Å². The Morgan fingerprint density at radius 3 is 2.59 bits per heavy atom. The molecule has 6 heteroatoms. The van der Waals surface area contributed by atoms with Crippen molar-refractivity contribution < 1.29 is 9.84 Å². The molecule has 2 aromatic rings. The maximum absolute atomic E-state index is 12.0. The summed E-state index contributed by atoms with van der Waals surface area (Å²) in [5.41, 5.74) is 1.46. The van der Waals surface area contributed by atoms with E-state index in [0.29, 0.717) is 17.7 Å². The fourth-order valence-corrected chi connectivity index (χ4v) is 2.30. The summed E-state index contributed by atoms with van der Waals surface area (Å²) in [6.07, 6.45) is 1.29. The van der Waals surface area contributed by atoms with Crippen molar-refractivity contribution in [1.82, 2.24) is 9.55 Å². The Bertz CT molecular complexity index is 719.